The van der Waals surface area contributed by atoms with Crippen LogP contribution in [-0.2, 0) is 0 Å². The van der Waals surface area contributed by atoms with Gasteiger partial charge in [0.2, 0.25) is 0 Å². The minimum atomic E-state index is -0.386. The van der Waals surface area contributed by atoms with E-state index >= 15 is 0 Å². The van der Waals surface area contributed by atoms with E-state index in [-0.39, 0.29) is 17.5 Å². The highest BCUT2D eigenvalue weighted by molar-refractivity contribution is 6.04. The summed E-state index contributed by atoms with van der Waals surface area (Å²) in [6.07, 6.45) is 5.79. The van der Waals surface area contributed by atoms with Gasteiger partial charge in [-0.1, -0.05) is 0 Å². The molecule has 1 aromatic carbocycles. The lowest BCUT2D eigenvalue weighted by atomic mass is 10.2. The number of nitrogens with one attached hydrogen (secondary N) is 2. The molecule has 0 aliphatic rings. The molecule has 0 saturated carbocycles. The molecule has 2 amide bonds. The number of amides is 2. The molecule has 136 valence electrons. The first-order chi connectivity index (χ1) is 13.1. The minimum absolute atomic E-state index is 0.203. The summed E-state index contributed by atoms with van der Waals surface area (Å²) in [5.41, 5.74) is 1.95. The van der Waals surface area contributed by atoms with Crippen molar-refractivity contribution in [1.29, 1.82) is 0 Å². The number of pyridine rings is 1. The number of anilines is 2. The van der Waals surface area contributed by atoms with Crippen molar-refractivity contribution in [3.63, 3.8) is 0 Å². The monoisotopic (exact) mass is 363 g/mol. The van der Waals surface area contributed by atoms with Crippen molar-refractivity contribution < 1.29 is 14.3 Å². The Hall–Kier alpha value is -3.81. The quantitative estimate of drug-likeness (QED) is 0.722. The molecule has 0 radical (unpaired) electrons. The van der Waals surface area contributed by atoms with E-state index in [1.807, 2.05) is 0 Å². The van der Waals surface area contributed by atoms with Crippen molar-refractivity contribution in [1.82, 2.24) is 15.0 Å². The van der Waals surface area contributed by atoms with Crippen LogP contribution in [0.15, 0.2) is 55.1 Å². The van der Waals surface area contributed by atoms with Gasteiger partial charge >= 0.3 is 0 Å². The molecule has 2 N–H and O–H groups in total. The molecule has 8 heteroatoms. The molecule has 0 fully saturated rings. The summed E-state index contributed by atoms with van der Waals surface area (Å²) in [4.78, 5) is 36.4. The summed E-state index contributed by atoms with van der Waals surface area (Å²) in [6.45, 7) is 1.80. The third-order valence-electron chi connectivity index (χ3n) is 3.75. The fourth-order valence-corrected chi connectivity index (χ4v) is 2.29. The van der Waals surface area contributed by atoms with E-state index in [0.29, 0.717) is 22.8 Å². The van der Waals surface area contributed by atoms with Gasteiger partial charge in [-0.25, -0.2) is 9.97 Å². The summed E-state index contributed by atoms with van der Waals surface area (Å²) in [5.74, 6) is 0.374. The Labute approximate surface area is 155 Å². The Morgan fingerprint density at radius 2 is 1.74 bits per heavy atom. The number of hydrogen-bond donors (Lipinski definition) is 2. The maximum absolute atomic E-state index is 12.3. The second kappa shape index (κ2) is 8.05. The summed E-state index contributed by atoms with van der Waals surface area (Å²) in [6, 6.07) is 8.41. The van der Waals surface area contributed by atoms with Gasteiger partial charge in [0, 0.05) is 18.0 Å². The van der Waals surface area contributed by atoms with Crippen LogP contribution in [0.3, 0.4) is 0 Å². The second-order valence-electron chi connectivity index (χ2n) is 5.61. The molecule has 0 unspecified atom stereocenters. The maximum Gasteiger partial charge on any atom is 0.275 e. The van der Waals surface area contributed by atoms with Crippen LogP contribution in [0.1, 0.15) is 26.4 Å². The number of ether oxygens (including phenoxy) is 1. The number of methoxy groups -OCH3 is 1. The molecule has 0 saturated heterocycles. The maximum atomic E-state index is 12.3. The van der Waals surface area contributed by atoms with Gasteiger partial charge in [-0.2, -0.15) is 0 Å². The van der Waals surface area contributed by atoms with Crippen molar-refractivity contribution in [3.8, 4) is 5.75 Å². The Kier molecular flexibility index (Phi) is 5.36. The molecule has 2 heterocycles. The van der Waals surface area contributed by atoms with Gasteiger partial charge in [0.15, 0.2) is 0 Å². The highest BCUT2D eigenvalue weighted by Crippen LogP contribution is 2.18. The first-order valence-corrected chi connectivity index (χ1v) is 8.06. The van der Waals surface area contributed by atoms with Crippen molar-refractivity contribution in [2.75, 3.05) is 17.7 Å². The van der Waals surface area contributed by atoms with Crippen LogP contribution < -0.4 is 15.4 Å². The topological polar surface area (TPSA) is 106 Å². The zero-order valence-electron chi connectivity index (χ0n) is 14.8. The molecule has 0 aliphatic heterocycles. The lowest BCUT2D eigenvalue weighted by Gasteiger charge is -2.10. The lowest BCUT2D eigenvalue weighted by molar-refractivity contribution is 0.101. The van der Waals surface area contributed by atoms with Gasteiger partial charge in [-0.05, 0) is 42.8 Å². The Morgan fingerprint density at radius 3 is 2.37 bits per heavy atom. The van der Waals surface area contributed by atoms with Gasteiger partial charge in [0.05, 0.1) is 25.2 Å². The van der Waals surface area contributed by atoms with Crippen LogP contribution in [0.25, 0.3) is 0 Å². The van der Waals surface area contributed by atoms with Crippen LogP contribution in [0.5, 0.6) is 5.75 Å². The molecular weight excluding hydrogens is 346 g/mol. The van der Waals surface area contributed by atoms with E-state index in [4.69, 9.17) is 4.74 Å². The Bertz CT molecular complexity index is 959. The first-order valence-electron chi connectivity index (χ1n) is 8.06. The van der Waals surface area contributed by atoms with E-state index < -0.39 is 0 Å². The first kappa shape index (κ1) is 18.0. The van der Waals surface area contributed by atoms with Gasteiger partial charge in [0.1, 0.15) is 17.3 Å². The number of aromatic nitrogens is 3. The van der Waals surface area contributed by atoms with Gasteiger partial charge in [-0.3, -0.25) is 14.6 Å². The average Bonchev–Trinajstić information content (AvgIpc) is 2.70. The van der Waals surface area contributed by atoms with Crippen molar-refractivity contribution in [2.45, 2.75) is 6.92 Å². The van der Waals surface area contributed by atoms with E-state index in [0.717, 1.165) is 5.56 Å². The van der Waals surface area contributed by atoms with E-state index in [2.05, 4.69) is 25.6 Å². The smallest absolute Gasteiger partial charge is 0.275 e. The predicted octanol–water partition coefficient (Wildman–Crippen LogP) is 2.69. The molecule has 3 aromatic rings. The largest absolute Gasteiger partial charge is 0.497 e. The molecule has 0 atom stereocenters. The number of nitrogens with zero attached hydrogens (tertiary/aromatic N) is 3. The van der Waals surface area contributed by atoms with Crippen LogP contribution in [-0.4, -0.2) is 33.9 Å². The number of benzene rings is 1. The van der Waals surface area contributed by atoms with Crippen molar-refractivity contribution in [3.05, 3.63) is 71.9 Å². The highest BCUT2D eigenvalue weighted by Gasteiger charge is 2.12. The normalized spacial score (nSPS) is 10.1. The third kappa shape index (κ3) is 4.43. The van der Waals surface area contributed by atoms with Crippen LogP contribution in [0, 0.1) is 6.92 Å². The van der Waals surface area contributed by atoms with Crippen molar-refractivity contribution in [2.24, 2.45) is 0 Å². The van der Waals surface area contributed by atoms with Gasteiger partial charge in [0.25, 0.3) is 11.8 Å². The number of rotatable bonds is 5. The zero-order chi connectivity index (χ0) is 19.2. The van der Waals surface area contributed by atoms with Crippen LogP contribution in [0.2, 0.25) is 0 Å². The Balaban J connectivity index is 1.68. The fourth-order valence-electron chi connectivity index (χ4n) is 2.29. The molecule has 2 aromatic heterocycles. The predicted molar refractivity (Wildman–Crippen MR) is 99.9 cm³/mol. The molecular formula is C19H17N5O3. The number of aryl methyl sites for hydroxylation is 1. The van der Waals surface area contributed by atoms with E-state index in [1.54, 1.807) is 44.4 Å². The molecule has 0 spiro atoms. The number of carbonyl (C=O) groups excluding carboxylic acids is 2. The highest BCUT2D eigenvalue weighted by atomic mass is 16.5. The molecule has 8 nitrogen and oxygen atoms in total. The average molecular weight is 363 g/mol. The van der Waals surface area contributed by atoms with Crippen LogP contribution in [0.4, 0.5) is 11.5 Å². The minimum Gasteiger partial charge on any atom is -0.497 e. The van der Waals surface area contributed by atoms with E-state index in [9.17, 15) is 9.59 Å². The Morgan fingerprint density at radius 1 is 0.963 bits per heavy atom. The molecule has 3 rings (SSSR count). The summed E-state index contributed by atoms with van der Waals surface area (Å²) < 4.78 is 5.07. The summed E-state index contributed by atoms with van der Waals surface area (Å²) in [7, 11) is 1.56. The standard InChI is InChI=1S/C19H17N5O3/c1-12-9-17(24-18(25)13-3-5-14(27-2)6-4-13)22-11-15(12)23-19(26)16-10-20-7-8-21-16/h3-11H,1-2H3,(H,23,26)(H,22,24,25). The molecule has 0 aliphatic carbocycles. The lowest BCUT2D eigenvalue weighted by Crippen LogP contribution is -2.16. The summed E-state index contributed by atoms with van der Waals surface area (Å²) >= 11 is 0. The summed E-state index contributed by atoms with van der Waals surface area (Å²) in [5, 5.41) is 5.44. The third-order valence-corrected chi connectivity index (χ3v) is 3.75. The fraction of sp³-hybridized carbons (Fsp3) is 0.105. The SMILES string of the molecule is COc1ccc(C(=O)Nc2cc(C)c(NC(=O)c3cnccn3)cn2)cc1. The number of carbonyl (C=O) groups is 2. The number of hydrogen-bond acceptors (Lipinski definition) is 6. The van der Waals surface area contributed by atoms with Gasteiger partial charge < -0.3 is 15.4 Å². The van der Waals surface area contributed by atoms with E-state index in [1.165, 1.54) is 24.8 Å². The van der Waals surface area contributed by atoms with Crippen molar-refractivity contribution >= 4 is 23.3 Å². The van der Waals surface area contributed by atoms with Gasteiger partial charge in [-0.15, -0.1) is 0 Å². The second-order valence-corrected chi connectivity index (χ2v) is 5.61. The molecule has 27 heavy (non-hydrogen) atoms. The zero-order valence-corrected chi connectivity index (χ0v) is 14.8. The molecule has 0 bridgehead atoms. The van der Waals surface area contributed by atoms with Crippen LogP contribution >= 0.6 is 0 Å².